The maximum absolute atomic E-state index is 13.2. The second-order valence-electron chi connectivity index (χ2n) is 6.14. The lowest BCUT2D eigenvalue weighted by Crippen LogP contribution is -2.31. The summed E-state index contributed by atoms with van der Waals surface area (Å²) in [6, 6.07) is 4.02. The summed E-state index contributed by atoms with van der Waals surface area (Å²) >= 11 is 4.54. The number of aromatic nitrogens is 2. The van der Waals surface area contributed by atoms with Gasteiger partial charge in [-0.1, -0.05) is 24.2 Å². The molecule has 1 fully saturated rings. The molecule has 0 aromatic carbocycles. The molecular formula is C18H19N3O2S3. The van der Waals surface area contributed by atoms with Crippen molar-refractivity contribution < 1.29 is 4.79 Å². The minimum atomic E-state index is -0.184. The van der Waals surface area contributed by atoms with Gasteiger partial charge in [0.15, 0.2) is 5.16 Å². The van der Waals surface area contributed by atoms with Crippen LogP contribution < -0.4 is 10.9 Å². The largest absolute Gasteiger partial charge is 0.355 e. The van der Waals surface area contributed by atoms with Crippen LogP contribution in [0.25, 0.3) is 20.7 Å². The van der Waals surface area contributed by atoms with Gasteiger partial charge in [0.25, 0.3) is 5.56 Å². The molecule has 5 nitrogen and oxygen atoms in total. The number of amides is 1. The number of hydrogen-bond donors (Lipinski definition) is 1. The quantitative estimate of drug-likeness (QED) is 0.667. The average Bonchev–Trinajstić information content (AvgIpc) is 3.25. The van der Waals surface area contributed by atoms with E-state index in [0.717, 1.165) is 41.1 Å². The number of carbonyl (C=O) groups is 1. The Morgan fingerprint density at radius 3 is 3.00 bits per heavy atom. The van der Waals surface area contributed by atoms with Gasteiger partial charge >= 0.3 is 0 Å². The molecular weight excluding hydrogens is 386 g/mol. The summed E-state index contributed by atoms with van der Waals surface area (Å²) in [4.78, 5) is 32.1. The topological polar surface area (TPSA) is 64.0 Å². The van der Waals surface area contributed by atoms with E-state index < -0.39 is 0 Å². The molecule has 8 heteroatoms. The van der Waals surface area contributed by atoms with Gasteiger partial charge in [0, 0.05) is 28.9 Å². The van der Waals surface area contributed by atoms with Gasteiger partial charge in [-0.3, -0.25) is 14.2 Å². The SMILES string of the molecule is CCn1c(S[C@@H]2CCCCNC2=O)nc2scc(-c3cccs3)c2c1=O. The summed E-state index contributed by atoms with van der Waals surface area (Å²) in [6.45, 7) is 3.22. The number of hydrogen-bond acceptors (Lipinski definition) is 6. The van der Waals surface area contributed by atoms with Crippen molar-refractivity contribution in [2.75, 3.05) is 6.54 Å². The molecule has 0 saturated carbocycles. The van der Waals surface area contributed by atoms with Crippen LogP contribution in [0, 0.1) is 0 Å². The Labute approximate surface area is 163 Å². The van der Waals surface area contributed by atoms with Crippen LogP contribution in [0.1, 0.15) is 26.2 Å². The Balaban J connectivity index is 1.79. The first-order valence-electron chi connectivity index (χ1n) is 8.69. The van der Waals surface area contributed by atoms with Gasteiger partial charge in [-0.15, -0.1) is 22.7 Å². The monoisotopic (exact) mass is 405 g/mol. The third-order valence-electron chi connectivity index (χ3n) is 4.49. The Hall–Kier alpha value is -1.64. The molecule has 0 bridgehead atoms. The van der Waals surface area contributed by atoms with Crippen LogP contribution in [0.5, 0.6) is 0 Å². The first-order chi connectivity index (χ1) is 12.7. The van der Waals surface area contributed by atoms with Gasteiger partial charge < -0.3 is 5.32 Å². The van der Waals surface area contributed by atoms with E-state index >= 15 is 0 Å². The molecule has 26 heavy (non-hydrogen) atoms. The molecule has 1 atom stereocenters. The fourth-order valence-corrected chi connectivity index (χ4v) is 6.16. The average molecular weight is 406 g/mol. The van der Waals surface area contributed by atoms with E-state index in [1.165, 1.54) is 23.1 Å². The van der Waals surface area contributed by atoms with Crippen LogP contribution in [0.15, 0.2) is 32.8 Å². The Bertz CT molecular complexity index is 991. The van der Waals surface area contributed by atoms with E-state index in [0.29, 0.717) is 17.1 Å². The van der Waals surface area contributed by atoms with Crippen LogP contribution in [-0.2, 0) is 11.3 Å². The highest BCUT2D eigenvalue weighted by Crippen LogP contribution is 2.35. The molecule has 1 aliphatic rings. The number of nitrogens with one attached hydrogen (secondary N) is 1. The number of rotatable bonds is 4. The normalized spacial score (nSPS) is 18.0. The molecule has 0 aliphatic carbocycles. The van der Waals surface area contributed by atoms with Crippen molar-refractivity contribution in [2.24, 2.45) is 0 Å². The third-order valence-corrected chi connectivity index (χ3v) is 7.53. The third kappa shape index (κ3) is 3.21. The second kappa shape index (κ2) is 7.54. The van der Waals surface area contributed by atoms with Crippen molar-refractivity contribution >= 4 is 50.6 Å². The van der Waals surface area contributed by atoms with Gasteiger partial charge in [0.05, 0.1) is 10.6 Å². The minimum Gasteiger partial charge on any atom is -0.355 e. The van der Waals surface area contributed by atoms with Gasteiger partial charge in [0.2, 0.25) is 5.91 Å². The highest BCUT2D eigenvalue weighted by molar-refractivity contribution is 8.00. The number of thioether (sulfide) groups is 1. The van der Waals surface area contributed by atoms with Crippen LogP contribution in [0.2, 0.25) is 0 Å². The standard InChI is InChI=1S/C18H19N3O2S3/c1-2-21-17(23)14-11(12-7-5-9-24-12)10-25-16(14)20-18(21)26-13-6-3-4-8-19-15(13)22/h5,7,9-10,13H,2-4,6,8H2,1H3,(H,19,22)/t13-/m1/s1. The van der Waals surface area contributed by atoms with Gasteiger partial charge in [-0.25, -0.2) is 4.98 Å². The molecule has 136 valence electrons. The van der Waals surface area contributed by atoms with E-state index in [9.17, 15) is 9.59 Å². The number of nitrogens with zero attached hydrogens (tertiary/aromatic N) is 2. The highest BCUT2D eigenvalue weighted by atomic mass is 32.2. The maximum Gasteiger partial charge on any atom is 0.263 e. The van der Waals surface area contributed by atoms with Gasteiger partial charge in [-0.2, -0.15) is 0 Å². The molecule has 1 saturated heterocycles. The first-order valence-corrected chi connectivity index (χ1v) is 11.3. The molecule has 1 N–H and O–H groups in total. The van der Waals surface area contributed by atoms with Crippen molar-refractivity contribution in [2.45, 2.75) is 43.1 Å². The van der Waals surface area contributed by atoms with Crippen LogP contribution in [-0.4, -0.2) is 27.3 Å². The van der Waals surface area contributed by atoms with Crippen LogP contribution in [0.3, 0.4) is 0 Å². The highest BCUT2D eigenvalue weighted by Gasteiger charge is 2.25. The Morgan fingerprint density at radius 2 is 2.23 bits per heavy atom. The fraction of sp³-hybridized carbons (Fsp3) is 0.389. The van der Waals surface area contributed by atoms with Crippen molar-refractivity contribution in [3.8, 4) is 10.4 Å². The van der Waals surface area contributed by atoms with Crippen molar-refractivity contribution in [3.63, 3.8) is 0 Å². The lowest BCUT2D eigenvalue weighted by atomic mass is 10.2. The molecule has 4 heterocycles. The number of fused-ring (bicyclic) bond motifs is 1. The molecule has 0 unspecified atom stereocenters. The summed E-state index contributed by atoms with van der Waals surface area (Å²) in [5.74, 6) is 0.0509. The zero-order chi connectivity index (χ0) is 18.1. The van der Waals surface area contributed by atoms with E-state index in [2.05, 4.69) is 5.32 Å². The van der Waals surface area contributed by atoms with E-state index in [1.54, 1.807) is 15.9 Å². The first kappa shape index (κ1) is 17.8. The molecule has 0 radical (unpaired) electrons. The van der Waals surface area contributed by atoms with Gasteiger partial charge in [-0.05, 0) is 31.2 Å². The van der Waals surface area contributed by atoms with Crippen molar-refractivity contribution in [1.82, 2.24) is 14.9 Å². The summed E-state index contributed by atoms with van der Waals surface area (Å²) in [5, 5.41) is 8.13. The molecule has 1 amide bonds. The molecule has 3 aromatic heterocycles. The molecule has 1 aliphatic heterocycles. The van der Waals surface area contributed by atoms with Crippen molar-refractivity contribution in [3.05, 3.63) is 33.2 Å². The van der Waals surface area contributed by atoms with E-state index in [-0.39, 0.29) is 16.7 Å². The predicted molar refractivity (Wildman–Crippen MR) is 109 cm³/mol. The van der Waals surface area contributed by atoms with Crippen LogP contribution in [0.4, 0.5) is 0 Å². The smallest absolute Gasteiger partial charge is 0.263 e. The summed E-state index contributed by atoms with van der Waals surface area (Å²) in [5.41, 5.74) is 0.946. The second-order valence-corrected chi connectivity index (χ2v) is 9.12. The zero-order valence-electron chi connectivity index (χ0n) is 14.4. The predicted octanol–water partition coefficient (Wildman–Crippen LogP) is 3.97. The van der Waals surface area contributed by atoms with Crippen LogP contribution >= 0.6 is 34.4 Å². The fourth-order valence-electron chi connectivity index (χ4n) is 3.14. The number of carbonyl (C=O) groups excluding carboxylic acids is 1. The van der Waals surface area contributed by atoms with E-state index in [1.807, 2.05) is 29.8 Å². The molecule has 3 aromatic rings. The Morgan fingerprint density at radius 1 is 1.35 bits per heavy atom. The molecule has 0 spiro atoms. The Kier molecular flexibility index (Phi) is 5.15. The molecule has 4 rings (SSSR count). The lowest BCUT2D eigenvalue weighted by molar-refractivity contribution is -0.120. The summed E-state index contributed by atoms with van der Waals surface area (Å²) in [7, 11) is 0. The minimum absolute atomic E-state index is 0.0151. The van der Waals surface area contributed by atoms with Crippen molar-refractivity contribution in [1.29, 1.82) is 0 Å². The van der Waals surface area contributed by atoms with E-state index in [4.69, 9.17) is 4.98 Å². The number of thiophene rings is 2. The zero-order valence-corrected chi connectivity index (χ0v) is 16.8. The maximum atomic E-state index is 13.2. The summed E-state index contributed by atoms with van der Waals surface area (Å²) < 4.78 is 1.70. The summed E-state index contributed by atoms with van der Waals surface area (Å²) in [6.07, 6.45) is 2.83. The van der Waals surface area contributed by atoms with Gasteiger partial charge in [0.1, 0.15) is 4.83 Å². The lowest BCUT2D eigenvalue weighted by Gasteiger charge is -2.15.